The van der Waals surface area contributed by atoms with Gasteiger partial charge in [-0.15, -0.1) is 0 Å². The first-order valence-corrected chi connectivity index (χ1v) is 6.41. The zero-order valence-electron chi connectivity index (χ0n) is 11.3. The first-order valence-electron chi connectivity index (χ1n) is 6.41. The molecule has 1 aromatic carbocycles. The summed E-state index contributed by atoms with van der Waals surface area (Å²) in [5, 5.41) is 0. The number of nitrogens with two attached hydrogens (primary N) is 2. The maximum Gasteiger partial charge on any atom is 0.268 e. The molecule has 1 heterocycles. The van der Waals surface area contributed by atoms with Crippen molar-refractivity contribution in [1.29, 1.82) is 0 Å². The first kappa shape index (κ1) is 14.3. The molecule has 7 heteroatoms. The van der Waals surface area contributed by atoms with Gasteiger partial charge in [0.05, 0.1) is 5.69 Å². The van der Waals surface area contributed by atoms with E-state index in [-0.39, 0.29) is 12.5 Å². The number of hydrogen-bond acceptors (Lipinski definition) is 5. The Labute approximate surface area is 116 Å². The van der Waals surface area contributed by atoms with Crippen molar-refractivity contribution in [1.82, 2.24) is 5.43 Å². The largest absolute Gasteiger partial charge is 0.478 e. The van der Waals surface area contributed by atoms with Crippen LogP contribution >= 0.6 is 0 Å². The van der Waals surface area contributed by atoms with Crippen LogP contribution in [-0.2, 0) is 16.1 Å². The number of hydrazine groups is 1. The third-order valence-corrected chi connectivity index (χ3v) is 3.19. The summed E-state index contributed by atoms with van der Waals surface area (Å²) in [6, 6.07) is 5.32. The Kier molecular flexibility index (Phi) is 4.21. The van der Waals surface area contributed by atoms with Gasteiger partial charge < -0.3 is 10.5 Å². The molecular weight excluding hydrogens is 260 g/mol. The number of benzene rings is 1. The molecule has 0 bridgehead atoms. The minimum atomic E-state index is -0.596. The van der Waals surface area contributed by atoms with Crippen LogP contribution in [0.15, 0.2) is 18.2 Å². The third kappa shape index (κ3) is 2.59. The van der Waals surface area contributed by atoms with Crippen molar-refractivity contribution in [2.75, 3.05) is 11.4 Å². The van der Waals surface area contributed by atoms with E-state index in [2.05, 4.69) is 0 Å². The van der Waals surface area contributed by atoms with Gasteiger partial charge in [-0.2, -0.15) is 0 Å². The molecule has 20 heavy (non-hydrogen) atoms. The number of fused-ring (bicyclic) bond motifs is 1. The van der Waals surface area contributed by atoms with Gasteiger partial charge in [-0.3, -0.25) is 19.9 Å². The fourth-order valence-electron chi connectivity index (χ4n) is 2.11. The molecule has 0 spiro atoms. The average Bonchev–Trinajstić information content (AvgIpc) is 2.48. The topological polar surface area (TPSA) is 111 Å². The molecule has 1 aliphatic rings. The van der Waals surface area contributed by atoms with Gasteiger partial charge in [0.25, 0.3) is 11.8 Å². The van der Waals surface area contributed by atoms with Crippen LogP contribution in [0, 0.1) is 0 Å². The number of carbonyl (C=O) groups is 2. The standard InChI is InChI=1S/C13H18N4O3/c1-2-10-13(19)17(7-12(18)16-15)9-4-3-8(6-14)5-11(9)20-10/h3-5,10H,2,6-7,14-15H2,1H3,(H,16,18). The highest BCUT2D eigenvalue weighted by atomic mass is 16.5. The summed E-state index contributed by atoms with van der Waals surface area (Å²) in [6.45, 7) is 2.09. The fourth-order valence-corrected chi connectivity index (χ4v) is 2.11. The van der Waals surface area contributed by atoms with Crippen LogP contribution in [0.4, 0.5) is 5.69 Å². The highest BCUT2D eigenvalue weighted by molar-refractivity contribution is 6.03. The summed E-state index contributed by atoms with van der Waals surface area (Å²) in [7, 11) is 0. The number of hydrogen-bond donors (Lipinski definition) is 3. The number of anilines is 1. The monoisotopic (exact) mass is 278 g/mol. The highest BCUT2D eigenvalue weighted by Crippen LogP contribution is 2.35. The Bertz CT molecular complexity index is 532. The number of amides is 2. The Morgan fingerprint density at radius 1 is 1.50 bits per heavy atom. The van der Waals surface area contributed by atoms with Crippen LogP contribution in [0.25, 0.3) is 0 Å². The summed E-state index contributed by atoms with van der Waals surface area (Å²) < 4.78 is 5.67. The summed E-state index contributed by atoms with van der Waals surface area (Å²) in [5.41, 5.74) is 9.08. The summed E-state index contributed by atoms with van der Waals surface area (Å²) in [5.74, 6) is 4.95. The van der Waals surface area contributed by atoms with Gasteiger partial charge in [-0.25, -0.2) is 5.84 Å². The van der Waals surface area contributed by atoms with E-state index in [1.807, 2.05) is 12.3 Å². The lowest BCUT2D eigenvalue weighted by Crippen LogP contribution is -2.50. The Balaban J connectivity index is 2.40. The highest BCUT2D eigenvalue weighted by Gasteiger charge is 2.34. The van der Waals surface area contributed by atoms with Crippen LogP contribution in [0.2, 0.25) is 0 Å². The van der Waals surface area contributed by atoms with Crippen molar-refractivity contribution in [2.45, 2.75) is 26.0 Å². The van der Waals surface area contributed by atoms with Crippen molar-refractivity contribution >= 4 is 17.5 Å². The Morgan fingerprint density at radius 2 is 2.25 bits per heavy atom. The summed E-state index contributed by atoms with van der Waals surface area (Å²) in [4.78, 5) is 25.1. The smallest absolute Gasteiger partial charge is 0.268 e. The van der Waals surface area contributed by atoms with Crippen molar-refractivity contribution < 1.29 is 14.3 Å². The second-order valence-corrected chi connectivity index (χ2v) is 4.51. The number of carbonyl (C=O) groups excluding carboxylic acids is 2. The van der Waals surface area contributed by atoms with Crippen molar-refractivity contribution in [3.05, 3.63) is 23.8 Å². The van der Waals surface area contributed by atoms with Gasteiger partial charge in [0.2, 0.25) is 0 Å². The lowest BCUT2D eigenvalue weighted by Gasteiger charge is -2.33. The molecule has 0 saturated heterocycles. The molecule has 5 N–H and O–H groups in total. The van der Waals surface area contributed by atoms with Crippen LogP contribution < -0.4 is 26.6 Å². The van der Waals surface area contributed by atoms with E-state index in [0.29, 0.717) is 24.4 Å². The number of nitrogens with zero attached hydrogens (tertiary/aromatic N) is 1. The van der Waals surface area contributed by atoms with Gasteiger partial charge in [0, 0.05) is 6.54 Å². The third-order valence-electron chi connectivity index (χ3n) is 3.19. The molecule has 1 aliphatic heterocycles. The molecule has 1 unspecified atom stereocenters. The van der Waals surface area contributed by atoms with Gasteiger partial charge in [-0.05, 0) is 24.1 Å². The minimum absolute atomic E-state index is 0.135. The predicted octanol–water partition coefficient (Wildman–Crippen LogP) is -0.361. The van der Waals surface area contributed by atoms with Gasteiger partial charge in [0.15, 0.2) is 6.10 Å². The van der Waals surface area contributed by atoms with Crippen LogP contribution in [0.5, 0.6) is 5.75 Å². The number of ether oxygens (including phenoxy) is 1. The molecule has 0 aliphatic carbocycles. The second-order valence-electron chi connectivity index (χ2n) is 4.51. The maximum atomic E-state index is 12.3. The minimum Gasteiger partial charge on any atom is -0.478 e. The average molecular weight is 278 g/mol. The summed E-state index contributed by atoms with van der Waals surface area (Å²) >= 11 is 0. The molecule has 0 aromatic heterocycles. The fraction of sp³-hybridized carbons (Fsp3) is 0.385. The second kappa shape index (κ2) is 5.89. The van der Waals surface area contributed by atoms with E-state index in [0.717, 1.165) is 5.56 Å². The van der Waals surface area contributed by atoms with Crippen molar-refractivity contribution in [3.63, 3.8) is 0 Å². The Morgan fingerprint density at radius 3 is 2.85 bits per heavy atom. The van der Waals surface area contributed by atoms with E-state index in [9.17, 15) is 9.59 Å². The van der Waals surface area contributed by atoms with E-state index >= 15 is 0 Å². The molecule has 0 saturated carbocycles. The lowest BCUT2D eigenvalue weighted by molar-refractivity contribution is -0.129. The first-order chi connectivity index (χ1) is 9.60. The molecule has 2 rings (SSSR count). The van der Waals surface area contributed by atoms with Crippen molar-refractivity contribution in [2.24, 2.45) is 11.6 Å². The quantitative estimate of drug-likeness (QED) is 0.396. The molecule has 2 amide bonds. The SMILES string of the molecule is CCC1Oc2cc(CN)ccc2N(CC(=O)NN)C1=O. The van der Waals surface area contributed by atoms with Crippen molar-refractivity contribution in [3.8, 4) is 5.75 Å². The van der Waals surface area contributed by atoms with Crippen LogP contribution in [-0.4, -0.2) is 24.5 Å². The van der Waals surface area contributed by atoms with E-state index in [1.54, 1.807) is 18.2 Å². The van der Waals surface area contributed by atoms with E-state index < -0.39 is 12.0 Å². The molecule has 1 aromatic rings. The predicted molar refractivity (Wildman–Crippen MR) is 73.7 cm³/mol. The van der Waals surface area contributed by atoms with Gasteiger partial charge in [-0.1, -0.05) is 13.0 Å². The normalized spacial score (nSPS) is 17.4. The van der Waals surface area contributed by atoms with E-state index in [1.165, 1.54) is 4.90 Å². The van der Waals surface area contributed by atoms with E-state index in [4.69, 9.17) is 16.3 Å². The molecular formula is C13H18N4O3. The van der Waals surface area contributed by atoms with Gasteiger partial charge >= 0.3 is 0 Å². The molecule has 108 valence electrons. The zero-order chi connectivity index (χ0) is 14.7. The number of rotatable bonds is 4. The molecule has 0 fully saturated rings. The maximum absolute atomic E-state index is 12.3. The van der Waals surface area contributed by atoms with Gasteiger partial charge in [0.1, 0.15) is 12.3 Å². The van der Waals surface area contributed by atoms with Crippen LogP contribution in [0.3, 0.4) is 0 Å². The molecule has 0 radical (unpaired) electrons. The lowest BCUT2D eigenvalue weighted by atomic mass is 10.1. The van der Waals surface area contributed by atoms with Crippen LogP contribution in [0.1, 0.15) is 18.9 Å². The Hall–Kier alpha value is -2.12. The zero-order valence-corrected chi connectivity index (χ0v) is 11.3. The number of nitrogens with one attached hydrogen (secondary N) is 1. The summed E-state index contributed by atoms with van der Waals surface area (Å²) in [6.07, 6.45) is -0.0765. The molecule has 7 nitrogen and oxygen atoms in total. The molecule has 1 atom stereocenters.